The molecule has 0 aromatic heterocycles. The Balaban J connectivity index is 3.04. The average Bonchev–Trinajstić information content (AvgIpc) is 1.89. The third-order valence-electron chi connectivity index (χ3n) is 0.881. The van der Waals surface area contributed by atoms with Crippen molar-refractivity contribution in [1.29, 1.82) is 0 Å². The van der Waals surface area contributed by atoms with E-state index in [-0.39, 0.29) is 5.57 Å². The molecule has 0 saturated carbocycles. The molecule has 3 heteroatoms. The van der Waals surface area contributed by atoms with E-state index in [1.54, 1.807) is 0 Å². The van der Waals surface area contributed by atoms with Crippen LogP contribution in [0, 0.1) is 0 Å². The van der Waals surface area contributed by atoms with Crippen molar-refractivity contribution in [2.75, 3.05) is 0 Å². The Kier molecular flexibility index (Phi) is 1.38. The summed E-state index contributed by atoms with van der Waals surface area (Å²) in [5, 5.41) is 0. The Morgan fingerprint density at radius 1 is 1.56 bits per heavy atom. The number of nitrogens with zero attached hydrogens (tertiary/aromatic N) is 1. The van der Waals surface area contributed by atoms with E-state index >= 15 is 0 Å². The molecule has 0 N–H and O–H groups in total. The molecule has 0 fully saturated rings. The van der Waals surface area contributed by atoms with E-state index in [0.29, 0.717) is 0 Å². The Bertz CT molecular complexity index is 244. The number of amides is 1. The zero-order valence-corrected chi connectivity index (χ0v) is 4.50. The summed E-state index contributed by atoms with van der Waals surface area (Å²) in [6.45, 7) is 0. The van der Waals surface area contributed by atoms with Gasteiger partial charge in [-0.25, -0.2) is 9.79 Å². The number of hydrogen-bond donors (Lipinski definition) is 0. The second kappa shape index (κ2) is 2.20. The van der Waals surface area contributed by atoms with Crippen LogP contribution < -0.4 is 0 Å². The SMILES string of the molecule is O=C=C1C=CC=NC1=O. The van der Waals surface area contributed by atoms with Crippen LogP contribution in [0.15, 0.2) is 22.7 Å². The van der Waals surface area contributed by atoms with Crippen molar-refractivity contribution in [3.8, 4) is 0 Å². The Morgan fingerprint density at radius 2 is 2.33 bits per heavy atom. The van der Waals surface area contributed by atoms with E-state index in [1.807, 2.05) is 0 Å². The third kappa shape index (κ3) is 1.01. The van der Waals surface area contributed by atoms with Crippen molar-refractivity contribution >= 4 is 18.1 Å². The van der Waals surface area contributed by atoms with Gasteiger partial charge in [-0.1, -0.05) is 0 Å². The van der Waals surface area contributed by atoms with Crippen LogP contribution in [0.1, 0.15) is 0 Å². The minimum absolute atomic E-state index is 0.0162. The number of aliphatic imine (C=N–C) groups is 1. The summed E-state index contributed by atoms with van der Waals surface area (Å²) in [5.41, 5.74) is -0.0162. The Morgan fingerprint density at radius 3 is 2.78 bits per heavy atom. The summed E-state index contributed by atoms with van der Waals surface area (Å²) in [4.78, 5) is 23.7. The van der Waals surface area contributed by atoms with Gasteiger partial charge >= 0.3 is 0 Å². The van der Waals surface area contributed by atoms with Gasteiger partial charge in [-0.05, 0) is 12.2 Å². The van der Waals surface area contributed by atoms with E-state index in [9.17, 15) is 9.59 Å². The molecule has 0 bridgehead atoms. The van der Waals surface area contributed by atoms with E-state index in [2.05, 4.69) is 4.99 Å². The lowest BCUT2D eigenvalue weighted by Gasteiger charge is -1.91. The second-order valence-corrected chi connectivity index (χ2v) is 1.46. The predicted molar refractivity (Wildman–Crippen MR) is 31.8 cm³/mol. The lowest BCUT2D eigenvalue weighted by molar-refractivity contribution is -0.113. The molecule has 0 unspecified atom stereocenters. The number of carbonyl (C=O) groups excluding carboxylic acids is 2. The minimum atomic E-state index is -0.521. The summed E-state index contributed by atoms with van der Waals surface area (Å²) >= 11 is 0. The maximum Gasteiger partial charge on any atom is 0.288 e. The van der Waals surface area contributed by atoms with Crippen LogP contribution in [0.5, 0.6) is 0 Å². The van der Waals surface area contributed by atoms with Crippen LogP contribution in [0.4, 0.5) is 0 Å². The molecule has 0 saturated heterocycles. The largest absolute Gasteiger partial charge is 0.288 e. The Labute approximate surface area is 51.4 Å². The first-order chi connectivity index (χ1) is 4.34. The van der Waals surface area contributed by atoms with Crippen molar-refractivity contribution < 1.29 is 9.59 Å². The zero-order chi connectivity index (χ0) is 6.69. The molecular formula is C6H3NO2. The smallest absolute Gasteiger partial charge is 0.266 e. The van der Waals surface area contributed by atoms with Gasteiger partial charge < -0.3 is 0 Å². The molecule has 0 aromatic rings. The highest BCUT2D eigenvalue weighted by atomic mass is 16.2. The molecule has 1 amide bonds. The number of hydrogen-bond acceptors (Lipinski definition) is 2. The standard InChI is InChI=1S/C6H3NO2/c8-4-5-2-1-3-7-6(5)9/h1-3H. The maximum atomic E-state index is 10.5. The quantitative estimate of drug-likeness (QED) is 0.332. The van der Waals surface area contributed by atoms with Gasteiger partial charge in [0.1, 0.15) is 11.5 Å². The first-order valence-corrected chi connectivity index (χ1v) is 2.35. The van der Waals surface area contributed by atoms with Crippen LogP contribution in [0.2, 0.25) is 0 Å². The van der Waals surface area contributed by atoms with Crippen molar-refractivity contribution in [1.82, 2.24) is 0 Å². The van der Waals surface area contributed by atoms with E-state index in [1.165, 1.54) is 24.3 Å². The van der Waals surface area contributed by atoms with Gasteiger partial charge in [0.05, 0.1) is 0 Å². The van der Waals surface area contributed by atoms with Crippen molar-refractivity contribution in [3.63, 3.8) is 0 Å². The summed E-state index contributed by atoms with van der Waals surface area (Å²) in [6, 6.07) is 0. The fourth-order valence-corrected chi connectivity index (χ4v) is 0.468. The number of carbonyl (C=O) groups is 1. The fraction of sp³-hybridized carbons (Fsp3) is 0. The van der Waals surface area contributed by atoms with Crippen LogP contribution in [-0.2, 0) is 9.59 Å². The minimum Gasteiger partial charge on any atom is -0.266 e. The first-order valence-electron chi connectivity index (χ1n) is 2.35. The molecule has 1 aliphatic rings. The van der Waals surface area contributed by atoms with Gasteiger partial charge in [-0.2, -0.15) is 0 Å². The molecule has 0 spiro atoms. The summed E-state index contributed by atoms with van der Waals surface area (Å²) in [7, 11) is 0. The van der Waals surface area contributed by atoms with E-state index in [4.69, 9.17) is 0 Å². The molecule has 0 radical (unpaired) electrons. The Hall–Kier alpha value is -1.47. The van der Waals surface area contributed by atoms with Crippen LogP contribution >= 0.6 is 0 Å². The van der Waals surface area contributed by atoms with Gasteiger partial charge in [-0.15, -0.1) is 0 Å². The zero-order valence-electron chi connectivity index (χ0n) is 4.50. The molecule has 1 rings (SSSR count). The lowest BCUT2D eigenvalue weighted by Crippen LogP contribution is -2.00. The van der Waals surface area contributed by atoms with Crippen molar-refractivity contribution in [2.45, 2.75) is 0 Å². The molecule has 0 aliphatic carbocycles. The molecule has 0 atom stereocenters. The molecule has 1 heterocycles. The topological polar surface area (TPSA) is 46.5 Å². The van der Waals surface area contributed by atoms with Crippen molar-refractivity contribution in [2.24, 2.45) is 4.99 Å². The molecule has 0 aromatic carbocycles. The fourth-order valence-electron chi connectivity index (χ4n) is 0.468. The van der Waals surface area contributed by atoms with Crippen molar-refractivity contribution in [3.05, 3.63) is 17.7 Å². The molecular weight excluding hydrogens is 118 g/mol. The van der Waals surface area contributed by atoms with Gasteiger partial charge in [0.25, 0.3) is 5.91 Å². The normalized spacial score (nSPS) is 16.0. The summed E-state index contributed by atoms with van der Waals surface area (Å²) in [5.74, 6) is 0.949. The predicted octanol–water partition coefficient (Wildman–Crippen LogP) is -0.0884. The van der Waals surface area contributed by atoms with Crippen LogP contribution in [-0.4, -0.2) is 18.1 Å². The molecule has 1 aliphatic heterocycles. The highest BCUT2D eigenvalue weighted by molar-refractivity contribution is 6.10. The third-order valence-corrected chi connectivity index (χ3v) is 0.881. The summed E-state index contributed by atoms with van der Waals surface area (Å²) < 4.78 is 0. The van der Waals surface area contributed by atoms with Gasteiger partial charge in [0.2, 0.25) is 0 Å². The summed E-state index contributed by atoms with van der Waals surface area (Å²) in [6.07, 6.45) is 4.23. The van der Waals surface area contributed by atoms with Crippen LogP contribution in [0.3, 0.4) is 0 Å². The average molecular weight is 121 g/mol. The van der Waals surface area contributed by atoms with Gasteiger partial charge in [-0.3, -0.25) is 4.79 Å². The second-order valence-electron chi connectivity index (χ2n) is 1.46. The van der Waals surface area contributed by atoms with E-state index in [0.717, 1.165) is 0 Å². The first kappa shape index (κ1) is 5.66. The monoisotopic (exact) mass is 121 g/mol. The lowest BCUT2D eigenvalue weighted by atomic mass is 10.2. The van der Waals surface area contributed by atoms with E-state index < -0.39 is 5.91 Å². The molecule has 9 heavy (non-hydrogen) atoms. The maximum absolute atomic E-state index is 10.5. The number of dihydropyridines is 1. The van der Waals surface area contributed by atoms with Gasteiger partial charge in [0, 0.05) is 6.21 Å². The number of rotatable bonds is 0. The van der Waals surface area contributed by atoms with Gasteiger partial charge in [0.15, 0.2) is 0 Å². The molecule has 3 nitrogen and oxygen atoms in total. The highest BCUT2D eigenvalue weighted by Crippen LogP contribution is 1.97. The van der Waals surface area contributed by atoms with Crippen LogP contribution in [0.25, 0.3) is 0 Å². The number of allylic oxidation sites excluding steroid dienone is 1. The highest BCUT2D eigenvalue weighted by Gasteiger charge is 2.05. The molecule has 44 valence electrons.